The molecule has 278 valence electrons. The largest absolute Gasteiger partial charge is 0.311 e. The predicted molar refractivity (Wildman–Crippen MR) is 250 cm³/mol. The van der Waals surface area contributed by atoms with Crippen molar-refractivity contribution in [1.82, 2.24) is 0 Å². The molecule has 0 heterocycles. The van der Waals surface area contributed by atoms with Gasteiger partial charge in [-0.15, -0.1) is 0 Å². The van der Waals surface area contributed by atoms with E-state index in [-0.39, 0.29) is 0 Å². The summed E-state index contributed by atoms with van der Waals surface area (Å²) < 4.78 is 0. The van der Waals surface area contributed by atoms with Crippen LogP contribution in [0.4, 0.5) is 34.1 Å². The zero-order chi connectivity index (χ0) is 39.2. The van der Waals surface area contributed by atoms with Crippen molar-refractivity contribution in [1.29, 1.82) is 0 Å². The summed E-state index contributed by atoms with van der Waals surface area (Å²) in [5, 5.41) is 0. The van der Waals surface area contributed by atoms with Crippen molar-refractivity contribution in [3.8, 4) is 11.1 Å². The van der Waals surface area contributed by atoms with Gasteiger partial charge in [0.2, 0.25) is 0 Å². The fourth-order valence-corrected chi connectivity index (χ4v) is 6.92. The van der Waals surface area contributed by atoms with Crippen LogP contribution in [-0.2, 0) is 0 Å². The Balaban J connectivity index is 0.994. The first kappa shape index (κ1) is 37.3. The van der Waals surface area contributed by atoms with Gasteiger partial charge >= 0.3 is 0 Å². The van der Waals surface area contributed by atoms with E-state index in [1.54, 1.807) is 0 Å². The number of para-hydroxylation sites is 2. The molecule has 0 radical (unpaired) electrons. The summed E-state index contributed by atoms with van der Waals surface area (Å²) in [7, 11) is 0. The van der Waals surface area contributed by atoms with Gasteiger partial charge in [-0.05, 0) is 106 Å². The maximum Gasteiger partial charge on any atom is 0.0462 e. The highest BCUT2D eigenvalue weighted by atomic mass is 15.1. The van der Waals surface area contributed by atoms with Crippen LogP contribution in [0, 0.1) is 0 Å². The van der Waals surface area contributed by atoms with Crippen molar-refractivity contribution in [3.63, 3.8) is 0 Å². The van der Waals surface area contributed by atoms with Crippen LogP contribution >= 0.6 is 0 Å². The van der Waals surface area contributed by atoms with Crippen molar-refractivity contribution in [3.05, 3.63) is 265 Å². The maximum atomic E-state index is 2.30. The second-order valence-corrected chi connectivity index (χ2v) is 13.9. The van der Waals surface area contributed by atoms with Gasteiger partial charge in [-0.25, -0.2) is 0 Å². The zero-order valence-corrected chi connectivity index (χ0v) is 32.3. The third kappa shape index (κ3) is 9.57. The third-order valence-corrected chi connectivity index (χ3v) is 9.89. The van der Waals surface area contributed by atoms with Crippen LogP contribution in [0.15, 0.2) is 243 Å². The molecule has 0 spiro atoms. The van der Waals surface area contributed by atoms with E-state index in [9.17, 15) is 0 Å². The van der Waals surface area contributed by atoms with Crippen LogP contribution in [-0.4, -0.2) is 0 Å². The van der Waals surface area contributed by atoms with Gasteiger partial charge in [0.25, 0.3) is 0 Å². The first-order valence-corrected chi connectivity index (χ1v) is 19.7. The van der Waals surface area contributed by atoms with Gasteiger partial charge in [-0.1, -0.05) is 194 Å². The summed E-state index contributed by atoms with van der Waals surface area (Å²) in [6, 6.07) is 76.9. The van der Waals surface area contributed by atoms with E-state index in [1.165, 1.54) is 11.1 Å². The Morgan fingerprint density at radius 1 is 0.207 bits per heavy atom. The molecule has 58 heavy (non-hydrogen) atoms. The van der Waals surface area contributed by atoms with Crippen LogP contribution in [0.5, 0.6) is 0 Å². The topological polar surface area (TPSA) is 6.48 Å². The Kier molecular flexibility index (Phi) is 12.1. The highest BCUT2D eigenvalue weighted by Gasteiger charge is 2.14. The standard InChI is InChI=1S/C56H44N2/c1-5-17-45(18-6-1)21-13-15-23-47-29-37-53(38-30-47)57(51-25-9-3-10-26-51)55-41-33-49(34-42-55)50-35-43-56(44-36-50)58(52-27-11-4-12-28-52)54-39-31-48(32-40-54)24-16-14-22-46-19-7-2-8-20-46/h1-44H/b21-13?,22-14?,23-15-,24-16-. The quantitative estimate of drug-likeness (QED) is 0.108. The molecule has 0 saturated heterocycles. The number of anilines is 6. The molecule has 8 aromatic rings. The van der Waals surface area contributed by atoms with E-state index in [0.29, 0.717) is 0 Å². The fraction of sp³-hybridized carbons (Fsp3) is 0. The minimum atomic E-state index is 1.10. The number of hydrogen-bond acceptors (Lipinski definition) is 2. The van der Waals surface area contributed by atoms with Crippen LogP contribution in [0.2, 0.25) is 0 Å². The van der Waals surface area contributed by atoms with E-state index >= 15 is 0 Å². The molecule has 8 rings (SSSR count). The lowest BCUT2D eigenvalue weighted by Gasteiger charge is -2.26. The number of nitrogens with zero attached hydrogens (tertiary/aromatic N) is 2. The highest BCUT2D eigenvalue weighted by Crippen LogP contribution is 2.38. The Morgan fingerprint density at radius 2 is 0.431 bits per heavy atom. The van der Waals surface area contributed by atoms with Gasteiger partial charge in [0, 0.05) is 34.1 Å². The molecule has 0 unspecified atom stereocenters. The molecular weight excluding hydrogens is 701 g/mol. The zero-order valence-electron chi connectivity index (χ0n) is 32.3. The normalized spacial score (nSPS) is 11.5. The van der Waals surface area contributed by atoms with Gasteiger partial charge in [0.1, 0.15) is 0 Å². The smallest absolute Gasteiger partial charge is 0.0462 e. The van der Waals surface area contributed by atoms with Crippen molar-refractivity contribution in [2.45, 2.75) is 0 Å². The average molecular weight is 745 g/mol. The van der Waals surface area contributed by atoms with E-state index in [1.807, 2.05) is 12.1 Å². The molecular formula is C56H44N2. The highest BCUT2D eigenvalue weighted by molar-refractivity contribution is 5.81. The Labute approximate surface area is 343 Å². The van der Waals surface area contributed by atoms with Gasteiger partial charge in [0.05, 0.1) is 0 Å². The molecule has 0 aliphatic carbocycles. The van der Waals surface area contributed by atoms with Crippen molar-refractivity contribution < 1.29 is 0 Å². The van der Waals surface area contributed by atoms with E-state index in [2.05, 4.69) is 265 Å². The van der Waals surface area contributed by atoms with Crippen LogP contribution < -0.4 is 9.80 Å². The lowest BCUT2D eigenvalue weighted by Crippen LogP contribution is -2.10. The minimum absolute atomic E-state index is 1.10. The van der Waals surface area contributed by atoms with Crippen molar-refractivity contribution in [2.75, 3.05) is 9.80 Å². The Bertz CT molecular complexity index is 2400. The summed E-state index contributed by atoms with van der Waals surface area (Å²) in [6.45, 7) is 0. The summed E-state index contributed by atoms with van der Waals surface area (Å²) in [5.74, 6) is 0. The molecule has 0 saturated carbocycles. The molecule has 0 amide bonds. The molecule has 0 N–H and O–H groups in total. The summed E-state index contributed by atoms with van der Waals surface area (Å²) in [5.41, 5.74) is 13.6. The molecule has 0 atom stereocenters. The lowest BCUT2D eigenvalue weighted by molar-refractivity contribution is 1.28. The van der Waals surface area contributed by atoms with Crippen LogP contribution in [0.1, 0.15) is 22.3 Å². The fourth-order valence-electron chi connectivity index (χ4n) is 6.92. The molecule has 0 fully saturated rings. The lowest BCUT2D eigenvalue weighted by atomic mass is 10.0. The molecule has 2 heteroatoms. The monoisotopic (exact) mass is 744 g/mol. The van der Waals surface area contributed by atoms with E-state index < -0.39 is 0 Å². The number of benzene rings is 8. The maximum absolute atomic E-state index is 2.30. The van der Waals surface area contributed by atoms with Crippen LogP contribution in [0.3, 0.4) is 0 Å². The van der Waals surface area contributed by atoms with Gasteiger partial charge in [0.15, 0.2) is 0 Å². The SMILES string of the molecule is C(=Cc1ccccc1)/C=C\c1ccc(N(c2ccccc2)c2ccc(-c3ccc(N(c4ccccc4)c4ccc(/C=C\C=Cc5ccccc5)cc4)cc3)cc2)cc1. The third-order valence-electron chi connectivity index (χ3n) is 9.89. The summed E-state index contributed by atoms with van der Waals surface area (Å²) in [4.78, 5) is 4.60. The summed E-state index contributed by atoms with van der Waals surface area (Å²) in [6.07, 6.45) is 16.8. The van der Waals surface area contributed by atoms with Crippen molar-refractivity contribution >= 4 is 58.4 Å². The molecule has 2 nitrogen and oxygen atoms in total. The molecule has 0 bridgehead atoms. The average Bonchev–Trinajstić information content (AvgIpc) is 3.30. The molecule has 0 aliphatic heterocycles. The Hall–Kier alpha value is -7.68. The number of rotatable bonds is 13. The molecule has 8 aromatic carbocycles. The van der Waals surface area contributed by atoms with Gasteiger partial charge < -0.3 is 9.80 Å². The first-order chi connectivity index (χ1) is 28.8. The second-order valence-electron chi connectivity index (χ2n) is 13.9. The Morgan fingerprint density at radius 3 is 0.724 bits per heavy atom. The van der Waals surface area contributed by atoms with Gasteiger partial charge in [-0.3, -0.25) is 0 Å². The molecule has 0 aliphatic rings. The number of allylic oxidation sites excluding steroid dienone is 4. The number of hydrogen-bond donors (Lipinski definition) is 0. The second kappa shape index (κ2) is 18.8. The summed E-state index contributed by atoms with van der Waals surface area (Å²) >= 11 is 0. The first-order valence-electron chi connectivity index (χ1n) is 19.7. The van der Waals surface area contributed by atoms with E-state index in [0.717, 1.165) is 56.4 Å². The van der Waals surface area contributed by atoms with E-state index in [4.69, 9.17) is 0 Å². The van der Waals surface area contributed by atoms with Crippen LogP contribution in [0.25, 0.3) is 35.4 Å². The van der Waals surface area contributed by atoms with Gasteiger partial charge in [-0.2, -0.15) is 0 Å². The van der Waals surface area contributed by atoms with Crippen molar-refractivity contribution in [2.24, 2.45) is 0 Å². The minimum Gasteiger partial charge on any atom is -0.311 e. The molecule has 0 aromatic heterocycles. The predicted octanol–water partition coefficient (Wildman–Crippen LogP) is 15.7.